The molecule has 2 atom stereocenters. The standard InChI is InChI=1S/C19H30N2O3/c1-3-17-8-4-5-11-21(17)12-10-20-19(23)15(2)24-18-9-6-7-16(13-18)14-22/h6-7,9,13,15,17,22H,3-5,8,10-12,14H2,1-2H3,(H,20,23). The smallest absolute Gasteiger partial charge is 0.260 e. The van der Waals surface area contributed by atoms with Crippen LogP contribution in [0.25, 0.3) is 0 Å². The summed E-state index contributed by atoms with van der Waals surface area (Å²) >= 11 is 0. The number of aliphatic hydroxyl groups excluding tert-OH is 1. The molecule has 2 rings (SSSR count). The third-order valence-corrected chi connectivity index (χ3v) is 4.68. The van der Waals surface area contributed by atoms with Crippen LogP contribution in [0.2, 0.25) is 0 Å². The van der Waals surface area contributed by atoms with E-state index in [1.54, 1.807) is 19.1 Å². The quantitative estimate of drug-likeness (QED) is 0.766. The number of nitrogens with one attached hydrogen (secondary N) is 1. The van der Waals surface area contributed by atoms with Crippen LogP contribution in [0.1, 0.15) is 45.1 Å². The molecule has 1 aliphatic heterocycles. The highest BCUT2D eigenvalue weighted by Gasteiger charge is 2.21. The summed E-state index contributed by atoms with van der Waals surface area (Å²) in [6.45, 7) is 6.63. The fourth-order valence-corrected chi connectivity index (χ4v) is 3.26. The van der Waals surface area contributed by atoms with E-state index >= 15 is 0 Å². The average Bonchev–Trinajstić information content (AvgIpc) is 2.62. The molecule has 1 fully saturated rings. The van der Waals surface area contributed by atoms with Gasteiger partial charge in [0.1, 0.15) is 5.75 Å². The lowest BCUT2D eigenvalue weighted by Gasteiger charge is -2.35. The summed E-state index contributed by atoms with van der Waals surface area (Å²) < 4.78 is 5.67. The Labute approximate surface area is 145 Å². The van der Waals surface area contributed by atoms with Crippen molar-refractivity contribution < 1.29 is 14.6 Å². The molecule has 0 saturated carbocycles. The number of rotatable bonds is 8. The highest BCUT2D eigenvalue weighted by molar-refractivity contribution is 5.80. The van der Waals surface area contributed by atoms with Crippen molar-refractivity contribution >= 4 is 5.91 Å². The van der Waals surface area contributed by atoms with Gasteiger partial charge in [-0.1, -0.05) is 25.5 Å². The van der Waals surface area contributed by atoms with Crippen LogP contribution in [0.15, 0.2) is 24.3 Å². The van der Waals surface area contributed by atoms with Gasteiger partial charge in [0, 0.05) is 19.1 Å². The van der Waals surface area contributed by atoms with Crippen molar-refractivity contribution in [3.05, 3.63) is 29.8 Å². The maximum Gasteiger partial charge on any atom is 0.260 e. The highest BCUT2D eigenvalue weighted by atomic mass is 16.5. The first kappa shape index (κ1) is 18.7. The maximum absolute atomic E-state index is 12.2. The molecule has 0 aliphatic carbocycles. The first-order valence-electron chi connectivity index (χ1n) is 9.02. The normalized spacial score (nSPS) is 19.7. The van der Waals surface area contributed by atoms with Gasteiger partial charge in [0.05, 0.1) is 6.61 Å². The minimum atomic E-state index is -0.553. The lowest BCUT2D eigenvalue weighted by atomic mass is 10.0. The van der Waals surface area contributed by atoms with E-state index in [0.717, 1.165) is 18.7 Å². The van der Waals surface area contributed by atoms with Crippen molar-refractivity contribution in [2.75, 3.05) is 19.6 Å². The first-order chi connectivity index (χ1) is 11.6. The van der Waals surface area contributed by atoms with Crippen molar-refractivity contribution in [3.63, 3.8) is 0 Å². The Morgan fingerprint density at radius 2 is 2.29 bits per heavy atom. The number of amides is 1. The molecular weight excluding hydrogens is 304 g/mol. The fraction of sp³-hybridized carbons (Fsp3) is 0.632. The lowest BCUT2D eigenvalue weighted by molar-refractivity contribution is -0.127. The zero-order valence-corrected chi connectivity index (χ0v) is 14.8. The number of hydrogen-bond donors (Lipinski definition) is 2. The molecule has 1 saturated heterocycles. The van der Waals surface area contributed by atoms with E-state index in [2.05, 4.69) is 17.1 Å². The molecule has 5 heteroatoms. The maximum atomic E-state index is 12.2. The zero-order valence-electron chi connectivity index (χ0n) is 14.8. The van der Waals surface area contributed by atoms with E-state index in [-0.39, 0.29) is 12.5 Å². The van der Waals surface area contributed by atoms with Crippen molar-refractivity contribution in [2.24, 2.45) is 0 Å². The SMILES string of the molecule is CCC1CCCCN1CCNC(=O)C(C)Oc1cccc(CO)c1. The molecule has 1 heterocycles. The Morgan fingerprint density at radius 1 is 1.46 bits per heavy atom. The molecule has 134 valence electrons. The number of benzene rings is 1. The molecular formula is C19H30N2O3. The van der Waals surface area contributed by atoms with Crippen LogP contribution in [0, 0.1) is 0 Å². The molecule has 0 radical (unpaired) electrons. The van der Waals surface area contributed by atoms with Crippen LogP contribution in [-0.2, 0) is 11.4 Å². The molecule has 0 bridgehead atoms. The first-order valence-corrected chi connectivity index (χ1v) is 9.02. The largest absolute Gasteiger partial charge is 0.481 e. The number of hydrogen-bond acceptors (Lipinski definition) is 4. The predicted octanol–water partition coefficient (Wildman–Crippen LogP) is 2.33. The van der Waals surface area contributed by atoms with E-state index < -0.39 is 6.10 Å². The lowest BCUT2D eigenvalue weighted by Crippen LogP contribution is -2.45. The fourth-order valence-electron chi connectivity index (χ4n) is 3.26. The van der Waals surface area contributed by atoms with Crippen molar-refractivity contribution in [3.8, 4) is 5.75 Å². The number of carbonyl (C=O) groups excluding carboxylic acids is 1. The predicted molar refractivity (Wildman–Crippen MR) is 95.0 cm³/mol. The second-order valence-electron chi connectivity index (χ2n) is 6.45. The topological polar surface area (TPSA) is 61.8 Å². The molecule has 0 aromatic heterocycles. The average molecular weight is 334 g/mol. The van der Waals surface area contributed by atoms with Gasteiger partial charge in [0.2, 0.25) is 0 Å². The Kier molecular flexibility index (Phi) is 7.53. The summed E-state index contributed by atoms with van der Waals surface area (Å²) in [5, 5.41) is 12.1. The Hall–Kier alpha value is -1.59. The van der Waals surface area contributed by atoms with Gasteiger partial charge in [-0.3, -0.25) is 9.69 Å². The van der Waals surface area contributed by atoms with Crippen molar-refractivity contribution in [1.29, 1.82) is 0 Å². The summed E-state index contributed by atoms with van der Waals surface area (Å²) in [5.74, 6) is 0.501. The minimum Gasteiger partial charge on any atom is -0.481 e. The van der Waals surface area contributed by atoms with Gasteiger partial charge in [-0.25, -0.2) is 0 Å². The van der Waals surface area contributed by atoms with Crippen LogP contribution < -0.4 is 10.1 Å². The summed E-state index contributed by atoms with van der Waals surface area (Å²) in [7, 11) is 0. The van der Waals surface area contributed by atoms with E-state index in [0.29, 0.717) is 18.3 Å². The Morgan fingerprint density at radius 3 is 3.04 bits per heavy atom. The minimum absolute atomic E-state index is 0.0355. The van der Waals surface area contributed by atoms with E-state index in [1.807, 2.05) is 12.1 Å². The summed E-state index contributed by atoms with van der Waals surface area (Å²) in [5.41, 5.74) is 0.774. The highest BCUT2D eigenvalue weighted by Crippen LogP contribution is 2.18. The van der Waals surface area contributed by atoms with E-state index in [9.17, 15) is 4.79 Å². The molecule has 1 amide bonds. The Bertz CT molecular complexity index is 521. The van der Waals surface area contributed by atoms with E-state index in [4.69, 9.17) is 9.84 Å². The van der Waals surface area contributed by atoms with Crippen LogP contribution in [0.3, 0.4) is 0 Å². The van der Waals surface area contributed by atoms with Gasteiger partial charge in [0.25, 0.3) is 5.91 Å². The van der Waals surface area contributed by atoms with Gasteiger partial charge in [0.15, 0.2) is 6.10 Å². The second kappa shape index (κ2) is 9.64. The second-order valence-corrected chi connectivity index (χ2v) is 6.45. The van der Waals surface area contributed by atoms with Crippen LogP contribution in [0.5, 0.6) is 5.75 Å². The number of carbonyl (C=O) groups is 1. The van der Waals surface area contributed by atoms with Crippen LogP contribution in [0.4, 0.5) is 0 Å². The Balaban J connectivity index is 1.75. The van der Waals surface area contributed by atoms with Crippen molar-refractivity contribution in [1.82, 2.24) is 10.2 Å². The molecule has 0 spiro atoms. The summed E-state index contributed by atoms with van der Waals surface area (Å²) in [6.07, 6.45) is 4.46. The van der Waals surface area contributed by atoms with Gasteiger partial charge in [-0.2, -0.15) is 0 Å². The van der Waals surface area contributed by atoms with Crippen molar-refractivity contribution in [2.45, 2.75) is 58.3 Å². The molecule has 2 N–H and O–H groups in total. The number of nitrogens with zero attached hydrogens (tertiary/aromatic N) is 1. The third-order valence-electron chi connectivity index (χ3n) is 4.68. The number of piperidine rings is 1. The molecule has 24 heavy (non-hydrogen) atoms. The molecule has 5 nitrogen and oxygen atoms in total. The van der Waals surface area contributed by atoms with Gasteiger partial charge in [-0.15, -0.1) is 0 Å². The monoisotopic (exact) mass is 334 g/mol. The molecule has 1 aliphatic rings. The number of aliphatic hydroxyl groups is 1. The van der Waals surface area contributed by atoms with Crippen LogP contribution in [-0.4, -0.2) is 47.7 Å². The van der Waals surface area contributed by atoms with Gasteiger partial charge < -0.3 is 15.2 Å². The van der Waals surface area contributed by atoms with Crippen LogP contribution >= 0.6 is 0 Å². The molecule has 1 aromatic carbocycles. The van der Waals surface area contributed by atoms with Gasteiger partial charge in [-0.05, 0) is 50.4 Å². The number of likely N-dealkylation sites (tertiary alicyclic amines) is 1. The molecule has 2 unspecified atom stereocenters. The van der Waals surface area contributed by atoms with Gasteiger partial charge >= 0.3 is 0 Å². The zero-order chi connectivity index (χ0) is 17.4. The summed E-state index contributed by atoms with van der Waals surface area (Å²) in [4.78, 5) is 14.7. The summed E-state index contributed by atoms with van der Waals surface area (Å²) in [6, 6.07) is 7.84. The third kappa shape index (κ3) is 5.49. The molecule has 1 aromatic rings. The van der Waals surface area contributed by atoms with E-state index in [1.165, 1.54) is 25.7 Å². The number of ether oxygens (including phenoxy) is 1.